The van der Waals surface area contributed by atoms with E-state index in [0.717, 1.165) is 56.1 Å². The van der Waals surface area contributed by atoms with Gasteiger partial charge in [-0.1, -0.05) is 18.2 Å². The van der Waals surface area contributed by atoms with Gasteiger partial charge in [-0.15, -0.1) is 0 Å². The predicted octanol–water partition coefficient (Wildman–Crippen LogP) is 4.25. The van der Waals surface area contributed by atoms with Crippen molar-refractivity contribution in [3.8, 4) is 16.9 Å². The van der Waals surface area contributed by atoms with E-state index in [2.05, 4.69) is 20.3 Å². The lowest BCUT2D eigenvalue weighted by Crippen LogP contribution is -2.38. The quantitative estimate of drug-likeness (QED) is 0.369. The van der Waals surface area contributed by atoms with E-state index in [1.54, 1.807) is 55.0 Å². The van der Waals surface area contributed by atoms with E-state index < -0.39 is 0 Å². The van der Waals surface area contributed by atoms with Crippen LogP contribution in [0.25, 0.3) is 11.1 Å². The Morgan fingerprint density at radius 1 is 1.03 bits per heavy atom. The molecule has 1 fully saturated rings. The van der Waals surface area contributed by atoms with Gasteiger partial charge in [0.25, 0.3) is 5.91 Å². The first kappa shape index (κ1) is 24.6. The summed E-state index contributed by atoms with van der Waals surface area (Å²) < 4.78 is 26.6. The van der Waals surface area contributed by atoms with Crippen molar-refractivity contribution in [2.45, 2.75) is 13.2 Å². The summed E-state index contributed by atoms with van der Waals surface area (Å²) >= 11 is 0. The number of aromatic nitrogens is 3. The van der Waals surface area contributed by atoms with Crippen molar-refractivity contribution in [1.29, 1.82) is 0 Å². The molecule has 1 aliphatic rings. The predicted molar refractivity (Wildman–Crippen MR) is 138 cm³/mol. The first-order chi connectivity index (χ1) is 18.1. The average Bonchev–Trinajstić information content (AvgIpc) is 3.42. The van der Waals surface area contributed by atoms with Gasteiger partial charge in [0.1, 0.15) is 18.2 Å². The van der Waals surface area contributed by atoms with E-state index in [9.17, 15) is 9.18 Å². The minimum Gasteiger partial charge on any atom is -0.488 e. The second-order valence-corrected chi connectivity index (χ2v) is 8.77. The Bertz CT molecular complexity index is 1320. The van der Waals surface area contributed by atoms with Gasteiger partial charge in [0.2, 0.25) is 0 Å². The fourth-order valence-electron chi connectivity index (χ4n) is 4.09. The highest BCUT2D eigenvalue weighted by atomic mass is 19.1. The minimum atomic E-state index is -0.316. The van der Waals surface area contributed by atoms with Crippen molar-refractivity contribution in [2.24, 2.45) is 0 Å². The van der Waals surface area contributed by atoms with Gasteiger partial charge in [-0.3, -0.25) is 19.4 Å². The highest BCUT2D eigenvalue weighted by molar-refractivity contribution is 6.06. The summed E-state index contributed by atoms with van der Waals surface area (Å²) in [6, 6.07) is 15.1. The molecule has 0 saturated carbocycles. The van der Waals surface area contributed by atoms with Crippen LogP contribution in [0.2, 0.25) is 0 Å². The number of anilines is 1. The van der Waals surface area contributed by atoms with E-state index in [-0.39, 0.29) is 18.3 Å². The first-order valence-electron chi connectivity index (χ1n) is 12.2. The Balaban J connectivity index is 1.34. The Hall–Kier alpha value is -4.08. The summed E-state index contributed by atoms with van der Waals surface area (Å²) in [5.41, 5.74) is 3.51. The third kappa shape index (κ3) is 6.58. The third-order valence-corrected chi connectivity index (χ3v) is 6.17. The lowest BCUT2D eigenvalue weighted by molar-refractivity contribution is 0.0360. The maximum atomic E-state index is 13.3. The van der Waals surface area contributed by atoms with Gasteiger partial charge < -0.3 is 14.8 Å². The zero-order valence-electron chi connectivity index (χ0n) is 20.3. The molecule has 5 rings (SSSR count). The van der Waals surface area contributed by atoms with E-state index in [0.29, 0.717) is 17.0 Å². The number of carbonyl (C=O) groups is 1. The van der Waals surface area contributed by atoms with E-state index in [1.165, 1.54) is 12.1 Å². The molecule has 1 amide bonds. The number of rotatable bonds is 9. The van der Waals surface area contributed by atoms with Crippen LogP contribution in [-0.2, 0) is 17.9 Å². The molecule has 0 bridgehead atoms. The van der Waals surface area contributed by atoms with Crippen LogP contribution in [0.5, 0.6) is 5.75 Å². The molecule has 9 heteroatoms. The molecule has 0 spiro atoms. The maximum absolute atomic E-state index is 13.3. The number of ether oxygens (including phenoxy) is 2. The Labute approximate surface area is 214 Å². The number of morpholine rings is 1. The zero-order chi connectivity index (χ0) is 25.5. The van der Waals surface area contributed by atoms with Crippen LogP contribution in [-0.4, -0.2) is 58.4 Å². The molecular weight excluding hydrogens is 473 g/mol. The highest BCUT2D eigenvalue weighted by Gasteiger charge is 2.16. The number of nitrogens with zero attached hydrogens (tertiary/aromatic N) is 4. The number of nitrogens with one attached hydrogen (secondary N) is 1. The third-order valence-electron chi connectivity index (χ3n) is 6.17. The maximum Gasteiger partial charge on any atom is 0.259 e. The monoisotopic (exact) mass is 501 g/mol. The summed E-state index contributed by atoms with van der Waals surface area (Å²) in [6.07, 6.45) is 7.01. The minimum absolute atomic E-state index is 0.201. The summed E-state index contributed by atoms with van der Waals surface area (Å²) in [7, 11) is 0. The second kappa shape index (κ2) is 11.8. The molecule has 3 heterocycles. The van der Waals surface area contributed by atoms with Gasteiger partial charge in [0.05, 0.1) is 43.4 Å². The smallest absolute Gasteiger partial charge is 0.259 e. The summed E-state index contributed by atoms with van der Waals surface area (Å²) in [5, 5.41) is 7.39. The summed E-state index contributed by atoms with van der Waals surface area (Å²) in [5.74, 6) is -0.201. The lowest BCUT2D eigenvalue weighted by Gasteiger charge is -2.26. The van der Waals surface area contributed by atoms with Gasteiger partial charge in [0, 0.05) is 37.6 Å². The molecule has 1 saturated heterocycles. The van der Waals surface area contributed by atoms with Crippen molar-refractivity contribution >= 4 is 11.6 Å². The summed E-state index contributed by atoms with van der Waals surface area (Å²) in [6.45, 7) is 5.28. The molecule has 37 heavy (non-hydrogen) atoms. The number of halogens is 1. The van der Waals surface area contributed by atoms with E-state index in [1.807, 2.05) is 16.9 Å². The van der Waals surface area contributed by atoms with Gasteiger partial charge in [-0.25, -0.2) is 4.39 Å². The number of carbonyl (C=O) groups excluding carboxylic acids is 1. The van der Waals surface area contributed by atoms with Crippen molar-refractivity contribution in [3.05, 3.63) is 96.3 Å². The molecule has 0 atom stereocenters. The molecule has 0 aliphatic carbocycles. The SMILES string of the molecule is O=C(Nc1cccnc1)c1cc(-c2cnn(CCN3CCOCC3)c2)ccc1OCc1ccc(F)cc1. The first-order valence-corrected chi connectivity index (χ1v) is 12.2. The van der Waals surface area contributed by atoms with Crippen LogP contribution in [0.3, 0.4) is 0 Å². The van der Waals surface area contributed by atoms with Crippen LogP contribution < -0.4 is 10.1 Å². The van der Waals surface area contributed by atoms with Crippen molar-refractivity contribution in [2.75, 3.05) is 38.2 Å². The van der Waals surface area contributed by atoms with Crippen LogP contribution in [0.1, 0.15) is 15.9 Å². The Kier molecular flexibility index (Phi) is 7.83. The molecule has 0 radical (unpaired) electrons. The van der Waals surface area contributed by atoms with Gasteiger partial charge >= 0.3 is 0 Å². The number of amides is 1. The normalized spacial score (nSPS) is 13.9. The van der Waals surface area contributed by atoms with Gasteiger partial charge in [-0.2, -0.15) is 5.10 Å². The van der Waals surface area contributed by atoms with Crippen LogP contribution in [0.4, 0.5) is 10.1 Å². The van der Waals surface area contributed by atoms with Crippen molar-refractivity contribution < 1.29 is 18.7 Å². The second-order valence-electron chi connectivity index (χ2n) is 8.77. The van der Waals surface area contributed by atoms with Crippen LogP contribution in [0.15, 0.2) is 79.4 Å². The average molecular weight is 502 g/mol. The topological polar surface area (TPSA) is 81.5 Å². The molecule has 1 aliphatic heterocycles. The van der Waals surface area contributed by atoms with Gasteiger partial charge in [0.15, 0.2) is 0 Å². The highest BCUT2D eigenvalue weighted by Crippen LogP contribution is 2.28. The number of pyridine rings is 1. The number of hydrogen-bond donors (Lipinski definition) is 1. The fraction of sp³-hybridized carbons (Fsp3) is 0.250. The Morgan fingerprint density at radius 2 is 1.86 bits per heavy atom. The van der Waals surface area contributed by atoms with E-state index >= 15 is 0 Å². The molecular formula is C28H28FN5O3. The van der Waals surface area contributed by atoms with Crippen LogP contribution >= 0.6 is 0 Å². The zero-order valence-corrected chi connectivity index (χ0v) is 20.3. The largest absolute Gasteiger partial charge is 0.488 e. The molecule has 1 N–H and O–H groups in total. The molecule has 0 unspecified atom stereocenters. The number of benzene rings is 2. The molecule has 2 aromatic carbocycles. The molecule has 8 nitrogen and oxygen atoms in total. The lowest BCUT2D eigenvalue weighted by atomic mass is 10.0. The van der Waals surface area contributed by atoms with Gasteiger partial charge in [-0.05, 0) is 47.5 Å². The van der Waals surface area contributed by atoms with E-state index in [4.69, 9.17) is 9.47 Å². The Morgan fingerprint density at radius 3 is 2.65 bits per heavy atom. The summed E-state index contributed by atoms with van der Waals surface area (Å²) in [4.78, 5) is 19.7. The van der Waals surface area contributed by atoms with Crippen molar-refractivity contribution in [3.63, 3.8) is 0 Å². The standard InChI is InChI=1S/C28H28FN5O3/c29-24-6-3-21(4-7-24)20-37-27-8-5-22(16-26(27)28(35)32-25-2-1-9-30-18-25)23-17-31-34(19-23)11-10-33-12-14-36-15-13-33/h1-9,16-19H,10-15,20H2,(H,32,35). The molecule has 2 aromatic heterocycles. The molecule has 190 valence electrons. The van der Waals surface area contributed by atoms with Crippen LogP contribution in [0, 0.1) is 5.82 Å². The number of hydrogen-bond acceptors (Lipinski definition) is 6. The van der Waals surface area contributed by atoms with Crippen molar-refractivity contribution in [1.82, 2.24) is 19.7 Å². The fourth-order valence-corrected chi connectivity index (χ4v) is 4.09. The molecule has 4 aromatic rings.